The quantitative estimate of drug-likeness (QED) is 0.164. The Hall–Kier alpha value is -7.68. The van der Waals surface area contributed by atoms with Crippen LogP contribution in [0.3, 0.4) is 0 Å². The second kappa shape index (κ2) is 13.2. The zero-order chi connectivity index (χ0) is 38.9. The molecule has 2 heteroatoms. The van der Waals surface area contributed by atoms with Gasteiger partial charge in [0, 0.05) is 33.5 Å². The van der Waals surface area contributed by atoms with Crippen molar-refractivity contribution in [3.63, 3.8) is 0 Å². The summed E-state index contributed by atoms with van der Waals surface area (Å²) in [6.45, 7) is 0. The molecular weight excluding hydrogens is 713 g/mol. The molecule has 0 saturated carbocycles. The summed E-state index contributed by atoms with van der Waals surface area (Å²) in [5, 5.41) is 7.48. The second-order valence-electron chi connectivity index (χ2n) is 15.7. The maximum Gasteiger partial charge on any atom is 0.0714 e. The Morgan fingerprint density at radius 2 is 0.814 bits per heavy atom. The molecule has 1 aliphatic carbocycles. The van der Waals surface area contributed by atoms with E-state index in [0.717, 1.165) is 22.7 Å². The van der Waals surface area contributed by atoms with Crippen molar-refractivity contribution in [2.24, 2.45) is 0 Å². The van der Waals surface area contributed by atoms with Gasteiger partial charge in [-0.25, -0.2) is 0 Å². The van der Waals surface area contributed by atoms with Crippen molar-refractivity contribution in [3.05, 3.63) is 253 Å². The molecule has 276 valence electrons. The van der Waals surface area contributed by atoms with E-state index in [1.807, 2.05) is 0 Å². The smallest absolute Gasteiger partial charge is 0.0714 e. The summed E-state index contributed by atoms with van der Waals surface area (Å²) in [7, 11) is 0. The predicted molar refractivity (Wildman–Crippen MR) is 248 cm³/mol. The van der Waals surface area contributed by atoms with Gasteiger partial charge in [0.1, 0.15) is 0 Å². The van der Waals surface area contributed by atoms with E-state index in [1.54, 1.807) is 0 Å². The summed E-state index contributed by atoms with van der Waals surface area (Å²) in [6.07, 6.45) is 0. The lowest BCUT2D eigenvalue weighted by Crippen LogP contribution is -2.29. The first-order valence-electron chi connectivity index (χ1n) is 20.4. The van der Waals surface area contributed by atoms with Gasteiger partial charge in [-0.05, 0) is 128 Å². The third kappa shape index (κ3) is 5.06. The summed E-state index contributed by atoms with van der Waals surface area (Å²) >= 11 is 0. The molecule has 11 aromatic rings. The standard InChI is InChI=1S/C57H38N2/c1-2-18-45(19-3-1)58(46-30-32-47(33-31-46)59-55-24-12-9-21-51(55)52-22-10-13-25-56(52)59)48-34-35-50-49-20-8-11-23-53(49)57(54(50)38-48,43-28-26-39-14-4-6-16-41(39)36-43)44-29-27-40-15-5-7-17-42(40)37-44/h1-38H. The van der Waals surface area contributed by atoms with Crippen LogP contribution in [0.2, 0.25) is 0 Å². The molecule has 0 amide bonds. The third-order valence-corrected chi connectivity index (χ3v) is 12.6. The fourth-order valence-electron chi connectivity index (χ4n) is 10.0. The van der Waals surface area contributed by atoms with Crippen molar-refractivity contribution in [3.8, 4) is 16.8 Å². The van der Waals surface area contributed by atoms with Crippen molar-refractivity contribution >= 4 is 60.4 Å². The first-order chi connectivity index (χ1) is 29.3. The zero-order valence-corrected chi connectivity index (χ0v) is 32.3. The maximum atomic E-state index is 2.47. The number of nitrogens with zero attached hydrogens (tertiary/aromatic N) is 2. The number of aromatic nitrogens is 1. The molecule has 1 aliphatic rings. The van der Waals surface area contributed by atoms with E-state index in [-0.39, 0.29) is 0 Å². The molecule has 0 spiro atoms. The summed E-state index contributed by atoms with van der Waals surface area (Å²) in [4.78, 5) is 2.41. The lowest BCUT2D eigenvalue weighted by atomic mass is 9.67. The Bertz CT molecular complexity index is 3260. The van der Waals surface area contributed by atoms with E-state index in [9.17, 15) is 0 Å². The van der Waals surface area contributed by atoms with Crippen LogP contribution in [0.1, 0.15) is 22.3 Å². The van der Waals surface area contributed by atoms with Crippen molar-refractivity contribution in [1.82, 2.24) is 4.57 Å². The van der Waals surface area contributed by atoms with Crippen LogP contribution in [-0.4, -0.2) is 4.57 Å². The highest BCUT2D eigenvalue weighted by molar-refractivity contribution is 6.09. The molecule has 12 rings (SSSR count). The lowest BCUT2D eigenvalue weighted by molar-refractivity contribution is 0.771. The van der Waals surface area contributed by atoms with Crippen LogP contribution in [0.25, 0.3) is 60.2 Å². The molecule has 0 N–H and O–H groups in total. The van der Waals surface area contributed by atoms with Gasteiger partial charge in [0.15, 0.2) is 0 Å². The molecule has 1 heterocycles. The minimum atomic E-state index is -0.571. The summed E-state index contributed by atoms with van der Waals surface area (Å²) in [5.74, 6) is 0. The number of para-hydroxylation sites is 3. The van der Waals surface area contributed by atoms with Crippen LogP contribution in [0.15, 0.2) is 231 Å². The van der Waals surface area contributed by atoms with Gasteiger partial charge in [0.2, 0.25) is 0 Å². The van der Waals surface area contributed by atoms with Crippen LogP contribution in [0, 0.1) is 0 Å². The van der Waals surface area contributed by atoms with Gasteiger partial charge in [-0.2, -0.15) is 0 Å². The maximum absolute atomic E-state index is 2.47. The highest BCUT2D eigenvalue weighted by atomic mass is 15.1. The highest BCUT2D eigenvalue weighted by Gasteiger charge is 2.46. The minimum absolute atomic E-state index is 0.571. The molecule has 0 bridgehead atoms. The van der Waals surface area contributed by atoms with E-state index >= 15 is 0 Å². The largest absolute Gasteiger partial charge is 0.310 e. The molecule has 0 fully saturated rings. The van der Waals surface area contributed by atoms with Crippen molar-refractivity contribution in [2.45, 2.75) is 5.41 Å². The fraction of sp³-hybridized carbons (Fsp3) is 0.0175. The number of hydrogen-bond acceptors (Lipinski definition) is 1. The van der Waals surface area contributed by atoms with Gasteiger partial charge in [0.25, 0.3) is 0 Å². The first kappa shape index (κ1) is 33.5. The average molecular weight is 751 g/mol. The van der Waals surface area contributed by atoms with Gasteiger partial charge >= 0.3 is 0 Å². The van der Waals surface area contributed by atoms with Crippen LogP contribution >= 0.6 is 0 Å². The van der Waals surface area contributed by atoms with E-state index in [4.69, 9.17) is 0 Å². The summed E-state index contributed by atoms with van der Waals surface area (Å²) in [6, 6.07) is 85.0. The normalized spacial score (nSPS) is 12.9. The molecule has 10 aromatic carbocycles. The number of fused-ring (bicyclic) bond motifs is 8. The number of rotatable bonds is 6. The molecule has 0 unspecified atom stereocenters. The molecule has 0 saturated heterocycles. The number of hydrogen-bond donors (Lipinski definition) is 0. The SMILES string of the molecule is c1ccc(N(c2ccc(-n3c4ccccc4c4ccccc43)cc2)c2ccc3c(c2)C(c2ccc4ccccc4c2)(c2ccc4ccccc4c2)c2ccccc2-3)cc1. The summed E-state index contributed by atoms with van der Waals surface area (Å²) < 4.78 is 2.38. The predicted octanol–water partition coefficient (Wildman–Crippen LogP) is 14.9. The first-order valence-corrected chi connectivity index (χ1v) is 20.4. The van der Waals surface area contributed by atoms with Crippen molar-refractivity contribution in [1.29, 1.82) is 0 Å². The Morgan fingerprint density at radius 1 is 0.322 bits per heavy atom. The van der Waals surface area contributed by atoms with Crippen LogP contribution in [-0.2, 0) is 5.41 Å². The monoisotopic (exact) mass is 750 g/mol. The van der Waals surface area contributed by atoms with Gasteiger partial charge in [0.05, 0.1) is 16.4 Å². The average Bonchev–Trinajstić information content (AvgIpc) is 3.80. The molecule has 0 atom stereocenters. The van der Waals surface area contributed by atoms with Crippen molar-refractivity contribution in [2.75, 3.05) is 4.90 Å². The summed E-state index contributed by atoms with van der Waals surface area (Å²) in [5.41, 5.74) is 13.9. The molecule has 59 heavy (non-hydrogen) atoms. The lowest BCUT2D eigenvalue weighted by Gasteiger charge is -2.35. The third-order valence-electron chi connectivity index (χ3n) is 12.6. The van der Waals surface area contributed by atoms with Gasteiger partial charge in [-0.1, -0.05) is 158 Å². The topological polar surface area (TPSA) is 8.17 Å². The number of benzene rings is 10. The second-order valence-corrected chi connectivity index (χ2v) is 15.7. The van der Waals surface area contributed by atoms with E-state index < -0.39 is 5.41 Å². The Labute approximate surface area is 343 Å². The molecule has 0 aliphatic heterocycles. The van der Waals surface area contributed by atoms with E-state index in [2.05, 4.69) is 240 Å². The van der Waals surface area contributed by atoms with Gasteiger partial charge in [-0.15, -0.1) is 0 Å². The van der Waals surface area contributed by atoms with Crippen LogP contribution < -0.4 is 4.90 Å². The molecule has 2 nitrogen and oxygen atoms in total. The molecule has 1 aromatic heterocycles. The Balaban J connectivity index is 1.09. The zero-order valence-electron chi connectivity index (χ0n) is 32.3. The Morgan fingerprint density at radius 3 is 1.46 bits per heavy atom. The molecular formula is C57H38N2. The molecule has 0 radical (unpaired) electrons. The van der Waals surface area contributed by atoms with Crippen molar-refractivity contribution < 1.29 is 0 Å². The number of anilines is 3. The van der Waals surface area contributed by atoms with Crippen LogP contribution in [0.4, 0.5) is 17.1 Å². The van der Waals surface area contributed by atoms with E-state index in [1.165, 1.54) is 76.7 Å². The van der Waals surface area contributed by atoms with Crippen LogP contribution in [0.5, 0.6) is 0 Å². The fourth-order valence-corrected chi connectivity index (χ4v) is 10.0. The van der Waals surface area contributed by atoms with Gasteiger partial charge in [-0.3, -0.25) is 0 Å². The Kier molecular flexibility index (Phi) is 7.48. The van der Waals surface area contributed by atoms with E-state index in [0.29, 0.717) is 0 Å². The minimum Gasteiger partial charge on any atom is -0.310 e. The van der Waals surface area contributed by atoms with Gasteiger partial charge < -0.3 is 9.47 Å². The highest BCUT2D eigenvalue weighted by Crippen LogP contribution is 2.58.